The number of ether oxygens (including phenoxy) is 2. The van der Waals surface area contributed by atoms with Crippen molar-refractivity contribution in [2.24, 2.45) is 5.92 Å². The van der Waals surface area contributed by atoms with Gasteiger partial charge in [0.2, 0.25) is 10.0 Å². The molecule has 1 aromatic heterocycles. The van der Waals surface area contributed by atoms with Crippen LogP contribution in [0.15, 0.2) is 32.5 Å². The van der Waals surface area contributed by atoms with Crippen molar-refractivity contribution >= 4 is 43.2 Å². The number of nitrogens with zero attached hydrogens (tertiary/aromatic N) is 3. The van der Waals surface area contributed by atoms with E-state index in [1.54, 1.807) is 20.0 Å². The van der Waals surface area contributed by atoms with E-state index in [9.17, 15) is 17.6 Å². The van der Waals surface area contributed by atoms with E-state index in [1.165, 1.54) is 22.2 Å². The zero-order valence-corrected chi connectivity index (χ0v) is 24.1. The summed E-state index contributed by atoms with van der Waals surface area (Å²) in [5.74, 6) is -0.774. The maximum atomic E-state index is 14.5. The number of methoxy groups -OCH3 is 1. The first-order chi connectivity index (χ1) is 17.5. The van der Waals surface area contributed by atoms with Crippen molar-refractivity contribution in [2.45, 2.75) is 56.0 Å². The molecule has 1 N–H and O–H groups in total. The Bertz CT molecular complexity index is 1320. The van der Waals surface area contributed by atoms with E-state index in [0.29, 0.717) is 37.6 Å². The van der Waals surface area contributed by atoms with Crippen LogP contribution in [0.1, 0.15) is 45.6 Å². The number of aromatic nitrogens is 2. The lowest BCUT2D eigenvalue weighted by Gasteiger charge is -2.44. The van der Waals surface area contributed by atoms with Crippen LogP contribution in [0.2, 0.25) is 5.02 Å². The lowest BCUT2D eigenvalue weighted by Crippen LogP contribution is -2.53. The summed E-state index contributed by atoms with van der Waals surface area (Å²) in [6, 6.07) is 2.11. The van der Waals surface area contributed by atoms with Crippen LogP contribution in [0.4, 0.5) is 10.1 Å². The number of piperidine rings is 1. The summed E-state index contributed by atoms with van der Waals surface area (Å²) in [5, 5.41) is 7.63. The van der Waals surface area contributed by atoms with Gasteiger partial charge in [0.05, 0.1) is 31.6 Å². The Kier molecular flexibility index (Phi) is 8.54. The first-order valence-electron chi connectivity index (χ1n) is 12.1. The van der Waals surface area contributed by atoms with Crippen molar-refractivity contribution in [1.29, 1.82) is 0 Å². The van der Waals surface area contributed by atoms with Crippen LogP contribution in [-0.2, 0) is 14.8 Å². The SMILES string of the molecule is COc1c(F)cc(Br)cc1S(=O)(=O)N1CCC(n2ncc(NC[C@H]3CCCOC3)c(Cl)c2=O)CC1(C)C. The minimum atomic E-state index is -4.12. The Morgan fingerprint density at radius 3 is 2.76 bits per heavy atom. The second-order valence-corrected chi connectivity index (χ2v) is 13.2. The molecule has 0 radical (unpaired) electrons. The normalized spacial score (nSPS) is 22.5. The Balaban J connectivity index is 1.54. The molecule has 1 aromatic carbocycles. The van der Waals surface area contributed by atoms with Gasteiger partial charge in [0, 0.05) is 29.7 Å². The quantitative estimate of drug-likeness (QED) is 0.487. The Morgan fingerprint density at radius 2 is 2.11 bits per heavy atom. The third kappa shape index (κ3) is 5.83. The fourth-order valence-electron chi connectivity index (χ4n) is 5.10. The van der Waals surface area contributed by atoms with Gasteiger partial charge in [0.1, 0.15) is 9.92 Å². The largest absolute Gasteiger partial charge is 0.492 e. The number of nitrogens with one attached hydrogen (secondary N) is 1. The maximum Gasteiger partial charge on any atom is 0.287 e. The fraction of sp³-hybridized carbons (Fsp3) is 0.583. The topological polar surface area (TPSA) is 103 Å². The van der Waals surface area contributed by atoms with E-state index in [2.05, 4.69) is 26.3 Å². The first kappa shape index (κ1) is 28.3. The molecule has 2 saturated heterocycles. The lowest BCUT2D eigenvalue weighted by molar-refractivity contribution is 0.0595. The monoisotopic (exact) mass is 620 g/mol. The van der Waals surface area contributed by atoms with Crippen molar-refractivity contribution < 1.29 is 22.3 Å². The van der Waals surface area contributed by atoms with Crippen LogP contribution < -0.4 is 15.6 Å². The standard InChI is InChI=1S/C24H31BrClFN4O5S/c1-24(2)11-17(6-7-30(24)37(33,34)20-10-16(25)9-18(27)22(20)35-3)31-23(32)21(26)19(13-29-31)28-12-15-5-4-8-36-14-15/h9-10,13,15,17,28H,4-8,11-12,14H2,1-3H3/t15-,17?/m1/s1. The molecule has 3 heterocycles. The highest BCUT2D eigenvalue weighted by Gasteiger charge is 2.44. The van der Waals surface area contributed by atoms with Crippen LogP contribution in [0.5, 0.6) is 5.75 Å². The number of rotatable bonds is 7. The average molecular weight is 622 g/mol. The predicted octanol–water partition coefficient (Wildman–Crippen LogP) is 4.45. The Morgan fingerprint density at radius 1 is 1.35 bits per heavy atom. The van der Waals surface area contributed by atoms with Gasteiger partial charge in [-0.2, -0.15) is 9.40 Å². The molecule has 37 heavy (non-hydrogen) atoms. The molecule has 0 saturated carbocycles. The molecule has 0 bridgehead atoms. The minimum absolute atomic E-state index is 0.0499. The molecule has 2 aliphatic heterocycles. The summed E-state index contributed by atoms with van der Waals surface area (Å²) in [6.07, 6.45) is 4.23. The van der Waals surface area contributed by atoms with E-state index in [-0.39, 0.29) is 32.7 Å². The van der Waals surface area contributed by atoms with E-state index >= 15 is 0 Å². The van der Waals surface area contributed by atoms with E-state index in [4.69, 9.17) is 21.1 Å². The first-order valence-corrected chi connectivity index (χ1v) is 14.7. The van der Waals surface area contributed by atoms with E-state index in [0.717, 1.165) is 25.5 Å². The Hall–Kier alpha value is -1.73. The van der Waals surface area contributed by atoms with Crippen LogP contribution in [0, 0.1) is 11.7 Å². The maximum absolute atomic E-state index is 14.5. The number of hydrogen-bond acceptors (Lipinski definition) is 7. The van der Waals surface area contributed by atoms with Crippen LogP contribution >= 0.6 is 27.5 Å². The Labute approximate surface area is 229 Å². The summed E-state index contributed by atoms with van der Waals surface area (Å²) in [4.78, 5) is 12.9. The molecule has 2 aromatic rings. The molecular weight excluding hydrogens is 591 g/mol. The number of anilines is 1. The molecule has 204 valence electrons. The average Bonchev–Trinajstić information content (AvgIpc) is 2.84. The van der Waals surface area contributed by atoms with Gasteiger partial charge < -0.3 is 14.8 Å². The smallest absolute Gasteiger partial charge is 0.287 e. The predicted molar refractivity (Wildman–Crippen MR) is 142 cm³/mol. The lowest BCUT2D eigenvalue weighted by atomic mass is 9.89. The number of hydrogen-bond donors (Lipinski definition) is 1. The number of halogens is 3. The summed E-state index contributed by atoms with van der Waals surface area (Å²) in [7, 11) is -2.89. The van der Waals surface area contributed by atoms with Gasteiger partial charge in [-0.05, 0) is 57.6 Å². The van der Waals surface area contributed by atoms with Gasteiger partial charge in [-0.1, -0.05) is 27.5 Å². The number of sulfonamides is 1. The van der Waals surface area contributed by atoms with Gasteiger partial charge in [-0.15, -0.1) is 0 Å². The molecular formula is C24H31BrClFN4O5S. The zero-order chi connectivity index (χ0) is 27.0. The van der Waals surface area contributed by atoms with Crippen LogP contribution in [0.3, 0.4) is 0 Å². The molecule has 2 fully saturated rings. The van der Waals surface area contributed by atoms with E-state index < -0.39 is 26.9 Å². The van der Waals surface area contributed by atoms with Crippen molar-refractivity contribution in [3.05, 3.63) is 44.0 Å². The third-order valence-corrected chi connectivity index (χ3v) is 9.89. The molecule has 0 aliphatic carbocycles. The van der Waals surface area contributed by atoms with Crippen LogP contribution in [-0.4, -0.2) is 61.5 Å². The van der Waals surface area contributed by atoms with Gasteiger partial charge in [0.15, 0.2) is 11.6 Å². The minimum Gasteiger partial charge on any atom is -0.492 e. The van der Waals surface area contributed by atoms with Gasteiger partial charge in [0.25, 0.3) is 5.56 Å². The summed E-state index contributed by atoms with van der Waals surface area (Å²) >= 11 is 9.59. The van der Waals surface area contributed by atoms with Crippen molar-refractivity contribution in [3.63, 3.8) is 0 Å². The third-order valence-electron chi connectivity index (χ3n) is 6.95. The summed E-state index contributed by atoms with van der Waals surface area (Å²) in [5.41, 5.74) is -0.868. The van der Waals surface area contributed by atoms with Crippen molar-refractivity contribution in [3.8, 4) is 5.75 Å². The molecule has 13 heteroatoms. The highest BCUT2D eigenvalue weighted by atomic mass is 79.9. The molecule has 1 unspecified atom stereocenters. The molecule has 0 spiro atoms. The second-order valence-electron chi connectivity index (χ2n) is 10.0. The molecule has 0 amide bonds. The van der Waals surface area contributed by atoms with Gasteiger partial charge in [-0.3, -0.25) is 4.79 Å². The van der Waals surface area contributed by atoms with E-state index in [1.807, 2.05) is 0 Å². The second kappa shape index (κ2) is 11.2. The highest BCUT2D eigenvalue weighted by molar-refractivity contribution is 9.10. The molecule has 9 nitrogen and oxygen atoms in total. The van der Waals surface area contributed by atoms with Crippen LogP contribution in [0.25, 0.3) is 0 Å². The van der Waals surface area contributed by atoms with Gasteiger partial charge in [-0.25, -0.2) is 17.5 Å². The molecule has 2 atom stereocenters. The highest BCUT2D eigenvalue weighted by Crippen LogP contribution is 2.41. The molecule has 2 aliphatic rings. The van der Waals surface area contributed by atoms with Crippen molar-refractivity contribution in [1.82, 2.24) is 14.1 Å². The summed E-state index contributed by atoms with van der Waals surface area (Å²) < 4.78 is 55.2. The fourth-order valence-corrected chi connectivity index (χ4v) is 7.88. The number of benzene rings is 1. The van der Waals surface area contributed by atoms with Gasteiger partial charge >= 0.3 is 0 Å². The zero-order valence-electron chi connectivity index (χ0n) is 21.0. The van der Waals surface area contributed by atoms with Crippen molar-refractivity contribution in [2.75, 3.05) is 38.7 Å². The summed E-state index contributed by atoms with van der Waals surface area (Å²) in [6.45, 7) is 5.72. The molecule has 4 rings (SSSR count).